The van der Waals surface area contributed by atoms with Gasteiger partial charge >= 0.3 is 0 Å². The third-order valence-corrected chi connectivity index (χ3v) is 2.79. The molecule has 3 N–H and O–H groups in total. The number of nitrogens with two attached hydrogens (primary N) is 1. The van der Waals surface area contributed by atoms with Crippen molar-refractivity contribution < 1.29 is 4.79 Å². The van der Waals surface area contributed by atoms with E-state index in [1.807, 2.05) is 0 Å². The molecule has 1 amide bonds. The Morgan fingerprint density at radius 3 is 2.67 bits per heavy atom. The molecule has 1 aromatic heterocycles. The second-order valence-electron chi connectivity index (χ2n) is 4.09. The number of nitrogens with one attached hydrogen (secondary N) is 1. The van der Waals surface area contributed by atoms with Crippen LogP contribution in [0.5, 0.6) is 0 Å². The van der Waals surface area contributed by atoms with Crippen molar-refractivity contribution in [3.8, 4) is 11.8 Å². The maximum atomic E-state index is 10.9. The number of rotatable bonds is 1. The van der Waals surface area contributed by atoms with Crippen LogP contribution >= 0.6 is 12.4 Å². The molecule has 0 atom stereocenters. The predicted molar refractivity (Wildman–Crippen MR) is 72.5 cm³/mol. The number of aromatic nitrogens is 1. The lowest BCUT2D eigenvalue weighted by molar-refractivity contribution is 0.1000. The van der Waals surface area contributed by atoms with Gasteiger partial charge in [0, 0.05) is 12.1 Å². The van der Waals surface area contributed by atoms with Crippen LogP contribution in [0, 0.1) is 17.8 Å². The predicted octanol–water partition coefficient (Wildman–Crippen LogP) is 0.953. The number of primary amides is 1. The molecule has 2 heterocycles. The van der Waals surface area contributed by atoms with Gasteiger partial charge in [0.2, 0.25) is 5.91 Å². The summed E-state index contributed by atoms with van der Waals surface area (Å²) in [6.45, 7) is 2.07. The molecule has 2 rings (SSSR count). The zero-order valence-electron chi connectivity index (χ0n) is 9.98. The second kappa shape index (κ2) is 7.00. The minimum absolute atomic E-state index is 0. The molecule has 96 valence electrons. The van der Waals surface area contributed by atoms with Gasteiger partial charge < -0.3 is 11.1 Å². The number of pyridine rings is 1. The van der Waals surface area contributed by atoms with Crippen molar-refractivity contribution in [2.75, 3.05) is 13.1 Å². The summed E-state index contributed by atoms with van der Waals surface area (Å²) in [5, 5.41) is 3.30. The van der Waals surface area contributed by atoms with E-state index >= 15 is 0 Å². The van der Waals surface area contributed by atoms with E-state index in [0.717, 1.165) is 25.9 Å². The Bertz CT molecular complexity index is 455. The number of amides is 1. The van der Waals surface area contributed by atoms with Gasteiger partial charge in [-0.05, 0) is 44.0 Å². The Balaban J connectivity index is 0.00000162. The van der Waals surface area contributed by atoms with Crippen LogP contribution in [0.15, 0.2) is 18.3 Å². The van der Waals surface area contributed by atoms with Crippen LogP contribution in [-0.4, -0.2) is 24.0 Å². The van der Waals surface area contributed by atoms with Gasteiger partial charge in [0.05, 0.1) is 5.56 Å². The number of hydrogen-bond donors (Lipinski definition) is 2. The molecule has 0 spiro atoms. The first-order valence-electron chi connectivity index (χ1n) is 5.74. The summed E-state index contributed by atoms with van der Waals surface area (Å²) in [6.07, 6.45) is 3.65. The van der Waals surface area contributed by atoms with Crippen molar-refractivity contribution in [1.82, 2.24) is 10.3 Å². The van der Waals surface area contributed by atoms with Crippen LogP contribution in [-0.2, 0) is 0 Å². The molecule has 1 aliphatic heterocycles. The van der Waals surface area contributed by atoms with Gasteiger partial charge in [0.25, 0.3) is 0 Å². The van der Waals surface area contributed by atoms with Gasteiger partial charge in [0.15, 0.2) is 0 Å². The molecular weight excluding hydrogens is 250 g/mol. The summed E-state index contributed by atoms with van der Waals surface area (Å²) in [5.41, 5.74) is 6.24. The second-order valence-corrected chi connectivity index (χ2v) is 4.09. The van der Waals surface area contributed by atoms with E-state index in [1.165, 1.54) is 6.20 Å². The fraction of sp³-hybridized carbons (Fsp3) is 0.385. The number of carbonyl (C=O) groups is 1. The molecule has 0 unspecified atom stereocenters. The molecule has 18 heavy (non-hydrogen) atoms. The number of hydrogen-bond acceptors (Lipinski definition) is 3. The highest BCUT2D eigenvalue weighted by Crippen LogP contribution is 2.09. The molecule has 0 saturated carbocycles. The number of carbonyl (C=O) groups excluding carboxylic acids is 1. The molecule has 1 fully saturated rings. The lowest BCUT2D eigenvalue weighted by Crippen LogP contribution is -2.26. The van der Waals surface area contributed by atoms with E-state index in [4.69, 9.17) is 5.73 Å². The first kappa shape index (κ1) is 14.5. The summed E-state index contributed by atoms with van der Waals surface area (Å²) >= 11 is 0. The number of halogens is 1. The largest absolute Gasteiger partial charge is 0.366 e. The number of nitrogens with zero attached hydrogens (tertiary/aromatic N) is 1. The zero-order chi connectivity index (χ0) is 12.1. The first-order chi connectivity index (χ1) is 8.25. The van der Waals surface area contributed by atoms with Crippen LogP contribution < -0.4 is 11.1 Å². The van der Waals surface area contributed by atoms with Crippen LogP contribution in [0.1, 0.15) is 28.9 Å². The highest BCUT2D eigenvalue weighted by Gasteiger charge is 2.09. The van der Waals surface area contributed by atoms with Gasteiger partial charge in [-0.25, -0.2) is 4.98 Å². The van der Waals surface area contributed by atoms with E-state index < -0.39 is 5.91 Å². The lowest BCUT2D eigenvalue weighted by atomic mass is 9.99. The Hall–Kier alpha value is -1.57. The average Bonchev–Trinajstić information content (AvgIpc) is 2.38. The van der Waals surface area contributed by atoms with Crippen LogP contribution in [0.4, 0.5) is 0 Å². The highest BCUT2D eigenvalue weighted by atomic mass is 35.5. The Kier molecular flexibility index (Phi) is 5.63. The van der Waals surface area contributed by atoms with E-state index in [2.05, 4.69) is 22.1 Å². The fourth-order valence-corrected chi connectivity index (χ4v) is 1.76. The Labute approximate surface area is 113 Å². The molecular formula is C13H16ClN3O. The molecule has 4 nitrogen and oxygen atoms in total. The summed E-state index contributed by atoms with van der Waals surface area (Å²) in [4.78, 5) is 15.0. The normalized spacial score (nSPS) is 15.1. The van der Waals surface area contributed by atoms with Crippen molar-refractivity contribution >= 4 is 18.3 Å². The zero-order valence-corrected chi connectivity index (χ0v) is 10.8. The molecule has 5 heteroatoms. The third-order valence-electron chi connectivity index (χ3n) is 2.79. The van der Waals surface area contributed by atoms with Gasteiger partial charge in [-0.2, -0.15) is 0 Å². The quantitative estimate of drug-likeness (QED) is 0.743. The smallest absolute Gasteiger partial charge is 0.250 e. The van der Waals surface area contributed by atoms with E-state index in [-0.39, 0.29) is 12.4 Å². The first-order valence-corrected chi connectivity index (χ1v) is 5.74. The van der Waals surface area contributed by atoms with E-state index in [9.17, 15) is 4.79 Å². The van der Waals surface area contributed by atoms with Crippen molar-refractivity contribution in [1.29, 1.82) is 0 Å². The van der Waals surface area contributed by atoms with Crippen molar-refractivity contribution in [3.05, 3.63) is 29.6 Å². The van der Waals surface area contributed by atoms with Gasteiger partial charge in [0.1, 0.15) is 5.69 Å². The van der Waals surface area contributed by atoms with Crippen molar-refractivity contribution in [2.24, 2.45) is 11.7 Å². The average molecular weight is 266 g/mol. The summed E-state index contributed by atoms with van der Waals surface area (Å²) < 4.78 is 0. The minimum Gasteiger partial charge on any atom is -0.366 e. The highest BCUT2D eigenvalue weighted by molar-refractivity contribution is 5.92. The summed E-state index contributed by atoms with van der Waals surface area (Å²) in [5.74, 6) is 6.25. The molecule has 0 bridgehead atoms. The maximum absolute atomic E-state index is 10.9. The molecule has 1 aromatic rings. The fourth-order valence-electron chi connectivity index (χ4n) is 1.76. The SMILES string of the molecule is Cl.NC(=O)c1ccc(C#CC2CCNCC2)nc1. The molecule has 0 aromatic carbocycles. The van der Waals surface area contributed by atoms with Crippen molar-refractivity contribution in [2.45, 2.75) is 12.8 Å². The molecule has 1 aliphatic rings. The number of piperidine rings is 1. The molecule has 1 saturated heterocycles. The summed E-state index contributed by atoms with van der Waals surface area (Å²) in [6, 6.07) is 3.38. The Morgan fingerprint density at radius 2 is 2.11 bits per heavy atom. The van der Waals surface area contributed by atoms with Crippen molar-refractivity contribution in [3.63, 3.8) is 0 Å². The van der Waals surface area contributed by atoms with Gasteiger partial charge in [-0.15, -0.1) is 12.4 Å². The minimum atomic E-state index is -0.463. The van der Waals surface area contributed by atoms with E-state index in [1.54, 1.807) is 12.1 Å². The van der Waals surface area contributed by atoms with E-state index in [0.29, 0.717) is 17.2 Å². The van der Waals surface area contributed by atoms with Crippen LogP contribution in [0.3, 0.4) is 0 Å². The molecule has 0 radical (unpaired) electrons. The standard InChI is InChI=1S/C13H15N3O.ClH/c14-13(17)11-2-4-12(16-9-11)3-1-10-5-7-15-8-6-10;/h2,4,9-10,15H,5-8H2,(H2,14,17);1H. The third kappa shape index (κ3) is 4.02. The lowest BCUT2D eigenvalue weighted by Gasteiger charge is -2.17. The van der Waals surface area contributed by atoms with Crippen LogP contribution in [0.25, 0.3) is 0 Å². The molecule has 0 aliphatic carbocycles. The topological polar surface area (TPSA) is 68.0 Å². The maximum Gasteiger partial charge on any atom is 0.250 e. The van der Waals surface area contributed by atoms with Crippen LogP contribution in [0.2, 0.25) is 0 Å². The monoisotopic (exact) mass is 265 g/mol. The van der Waals surface area contributed by atoms with Gasteiger partial charge in [-0.3, -0.25) is 4.79 Å². The van der Waals surface area contributed by atoms with Gasteiger partial charge in [-0.1, -0.05) is 5.92 Å². The summed E-state index contributed by atoms with van der Waals surface area (Å²) in [7, 11) is 0. The Morgan fingerprint density at radius 1 is 1.39 bits per heavy atom.